The first-order chi connectivity index (χ1) is 12.7. The second-order valence-electron chi connectivity index (χ2n) is 5.98. The van der Waals surface area contributed by atoms with Crippen molar-refractivity contribution in [1.29, 1.82) is 0 Å². The highest BCUT2D eigenvalue weighted by atomic mass is 16.7. The van der Waals surface area contributed by atoms with E-state index in [2.05, 4.69) is 0 Å². The third-order valence-electron chi connectivity index (χ3n) is 3.66. The summed E-state index contributed by atoms with van der Waals surface area (Å²) >= 11 is 0. The molecule has 1 fully saturated rings. The van der Waals surface area contributed by atoms with Gasteiger partial charge in [0.1, 0.15) is 30.3 Å². The van der Waals surface area contributed by atoms with Crippen molar-refractivity contribution in [1.82, 2.24) is 0 Å². The normalized spacial score (nSPS) is 24.6. The van der Waals surface area contributed by atoms with Crippen LogP contribution in [0.25, 0.3) is 0 Å². The van der Waals surface area contributed by atoms with E-state index in [1.54, 1.807) is 12.1 Å². The molecule has 0 radical (unpaired) electrons. The summed E-state index contributed by atoms with van der Waals surface area (Å²) in [5.41, 5.74) is 0. The molecule has 9 nitrogen and oxygen atoms in total. The monoisotopic (exact) mass is 382 g/mol. The van der Waals surface area contributed by atoms with Crippen LogP contribution in [-0.4, -0.2) is 54.2 Å². The lowest BCUT2D eigenvalue weighted by Crippen LogP contribution is -2.54. The fourth-order valence-corrected chi connectivity index (χ4v) is 2.65. The van der Waals surface area contributed by atoms with Gasteiger partial charge in [-0.2, -0.15) is 0 Å². The fraction of sp³-hybridized carbons (Fsp3) is 0.500. The first-order valence-corrected chi connectivity index (χ1v) is 8.33. The molecule has 2 rings (SSSR count). The number of esters is 3. The first kappa shape index (κ1) is 20.5. The number of rotatable bonds is 6. The maximum atomic E-state index is 11.5. The van der Waals surface area contributed by atoms with Crippen LogP contribution in [0.15, 0.2) is 24.3 Å². The van der Waals surface area contributed by atoms with Gasteiger partial charge in [-0.05, 0) is 24.3 Å². The minimum Gasteiger partial charge on any atom is -0.508 e. The van der Waals surface area contributed by atoms with Crippen molar-refractivity contribution in [3.05, 3.63) is 24.3 Å². The molecule has 1 aliphatic heterocycles. The molecule has 1 N–H and O–H groups in total. The van der Waals surface area contributed by atoms with Gasteiger partial charge in [0.15, 0.2) is 6.10 Å². The van der Waals surface area contributed by atoms with Gasteiger partial charge in [0.2, 0.25) is 6.29 Å². The molecule has 1 aliphatic rings. The molecular formula is C18H22O9. The van der Waals surface area contributed by atoms with Crippen LogP contribution in [0.4, 0.5) is 0 Å². The predicted molar refractivity (Wildman–Crippen MR) is 89.8 cm³/mol. The average Bonchev–Trinajstić information content (AvgIpc) is 2.56. The van der Waals surface area contributed by atoms with E-state index in [0.29, 0.717) is 5.75 Å². The minimum absolute atomic E-state index is 0.0763. The number of benzene rings is 1. The van der Waals surface area contributed by atoms with Crippen LogP contribution < -0.4 is 4.74 Å². The second-order valence-corrected chi connectivity index (χ2v) is 5.98. The molecule has 1 aromatic carbocycles. The third-order valence-corrected chi connectivity index (χ3v) is 3.66. The molecule has 1 saturated heterocycles. The van der Waals surface area contributed by atoms with E-state index in [9.17, 15) is 19.5 Å². The van der Waals surface area contributed by atoms with Crippen molar-refractivity contribution >= 4 is 17.9 Å². The van der Waals surface area contributed by atoms with Crippen LogP contribution in [0.2, 0.25) is 0 Å². The van der Waals surface area contributed by atoms with E-state index < -0.39 is 42.5 Å². The maximum absolute atomic E-state index is 11.5. The Kier molecular flexibility index (Phi) is 7.00. The number of hydrogen-bond donors (Lipinski definition) is 1. The highest BCUT2D eigenvalue weighted by Gasteiger charge is 2.44. The van der Waals surface area contributed by atoms with E-state index in [-0.39, 0.29) is 18.8 Å². The SMILES string of the molecule is CC(=O)OC[C@H]1OC(Oc2ccc(O)cc2)C[C@@H](OC(C)=O)[C@@H]1OC(C)=O. The zero-order valence-corrected chi connectivity index (χ0v) is 15.2. The van der Waals surface area contributed by atoms with Crippen molar-refractivity contribution in [2.45, 2.75) is 51.8 Å². The molecule has 27 heavy (non-hydrogen) atoms. The Hall–Kier alpha value is -2.81. The van der Waals surface area contributed by atoms with Gasteiger partial charge in [0.25, 0.3) is 0 Å². The van der Waals surface area contributed by atoms with Crippen LogP contribution in [-0.2, 0) is 33.3 Å². The Balaban J connectivity index is 2.19. The summed E-state index contributed by atoms with van der Waals surface area (Å²) in [5.74, 6) is -1.20. The van der Waals surface area contributed by atoms with Gasteiger partial charge in [-0.15, -0.1) is 0 Å². The smallest absolute Gasteiger partial charge is 0.303 e. The van der Waals surface area contributed by atoms with Crippen molar-refractivity contribution < 1.29 is 43.2 Å². The van der Waals surface area contributed by atoms with Gasteiger partial charge >= 0.3 is 17.9 Å². The van der Waals surface area contributed by atoms with Crippen LogP contribution in [0.1, 0.15) is 27.2 Å². The van der Waals surface area contributed by atoms with Crippen LogP contribution in [0, 0.1) is 0 Å². The highest BCUT2D eigenvalue weighted by Crippen LogP contribution is 2.28. The number of carbonyl (C=O) groups is 3. The predicted octanol–water partition coefficient (Wildman–Crippen LogP) is 1.31. The summed E-state index contributed by atoms with van der Waals surface area (Å²) in [6, 6.07) is 5.97. The second kappa shape index (κ2) is 9.22. The Morgan fingerprint density at radius 3 is 2.22 bits per heavy atom. The molecule has 0 bridgehead atoms. The molecule has 4 atom stereocenters. The van der Waals surface area contributed by atoms with Crippen molar-refractivity contribution in [3.63, 3.8) is 0 Å². The molecule has 1 heterocycles. The van der Waals surface area contributed by atoms with Crippen LogP contribution in [0.3, 0.4) is 0 Å². The number of aromatic hydroxyl groups is 1. The molecule has 1 aromatic rings. The summed E-state index contributed by atoms with van der Waals surface area (Å²) < 4.78 is 27.0. The molecular weight excluding hydrogens is 360 g/mol. The minimum atomic E-state index is -0.953. The van der Waals surface area contributed by atoms with E-state index >= 15 is 0 Å². The number of hydrogen-bond acceptors (Lipinski definition) is 9. The van der Waals surface area contributed by atoms with E-state index in [4.69, 9.17) is 23.7 Å². The quantitative estimate of drug-likeness (QED) is 0.574. The van der Waals surface area contributed by atoms with Crippen molar-refractivity contribution in [2.75, 3.05) is 6.61 Å². The lowest BCUT2D eigenvalue weighted by Gasteiger charge is -2.39. The average molecular weight is 382 g/mol. The van der Waals surface area contributed by atoms with E-state index in [1.165, 1.54) is 32.9 Å². The van der Waals surface area contributed by atoms with E-state index in [0.717, 1.165) is 0 Å². The van der Waals surface area contributed by atoms with Gasteiger partial charge < -0.3 is 28.8 Å². The standard InChI is InChI=1S/C18H22O9/c1-10(19)23-9-16-18(25-12(3)21)15(24-11(2)20)8-17(27-16)26-14-6-4-13(22)5-7-14/h4-7,15-18,22H,8-9H2,1-3H3/t15-,16-,17?,18+/m1/s1. The lowest BCUT2D eigenvalue weighted by molar-refractivity contribution is -0.245. The summed E-state index contributed by atoms with van der Waals surface area (Å²) in [6.45, 7) is 3.47. The molecule has 0 amide bonds. The number of phenols is 1. The first-order valence-electron chi connectivity index (χ1n) is 8.33. The summed E-state index contributed by atoms with van der Waals surface area (Å²) in [4.78, 5) is 34.1. The van der Waals surface area contributed by atoms with Gasteiger partial charge in [0, 0.05) is 20.8 Å². The van der Waals surface area contributed by atoms with Crippen LogP contribution >= 0.6 is 0 Å². The largest absolute Gasteiger partial charge is 0.508 e. The Morgan fingerprint density at radius 1 is 1.04 bits per heavy atom. The molecule has 0 aliphatic carbocycles. The molecule has 0 aromatic heterocycles. The number of phenolic OH excluding ortho intramolecular Hbond substituents is 1. The number of carbonyl (C=O) groups excluding carboxylic acids is 3. The topological polar surface area (TPSA) is 118 Å². The summed E-state index contributed by atoms with van der Waals surface area (Å²) in [6.07, 6.45) is -3.45. The molecule has 9 heteroatoms. The molecule has 0 spiro atoms. The Morgan fingerprint density at radius 2 is 1.67 bits per heavy atom. The van der Waals surface area contributed by atoms with Gasteiger partial charge in [-0.3, -0.25) is 14.4 Å². The zero-order valence-electron chi connectivity index (χ0n) is 15.2. The van der Waals surface area contributed by atoms with E-state index in [1.807, 2.05) is 0 Å². The van der Waals surface area contributed by atoms with Gasteiger partial charge in [-0.25, -0.2) is 0 Å². The van der Waals surface area contributed by atoms with Crippen molar-refractivity contribution in [2.24, 2.45) is 0 Å². The summed E-state index contributed by atoms with van der Waals surface area (Å²) in [7, 11) is 0. The molecule has 148 valence electrons. The van der Waals surface area contributed by atoms with Gasteiger partial charge in [0.05, 0.1) is 6.42 Å². The number of ether oxygens (including phenoxy) is 5. The van der Waals surface area contributed by atoms with Crippen molar-refractivity contribution in [3.8, 4) is 11.5 Å². The lowest BCUT2D eigenvalue weighted by atomic mass is 10.0. The third kappa shape index (κ3) is 6.45. The Bertz CT molecular complexity index is 670. The molecule has 1 unspecified atom stereocenters. The maximum Gasteiger partial charge on any atom is 0.303 e. The Labute approximate surface area is 156 Å². The summed E-state index contributed by atoms with van der Waals surface area (Å²) in [5, 5.41) is 9.35. The van der Waals surface area contributed by atoms with Gasteiger partial charge in [-0.1, -0.05) is 0 Å². The molecule has 0 saturated carbocycles. The zero-order chi connectivity index (χ0) is 20.0. The highest BCUT2D eigenvalue weighted by molar-refractivity contribution is 5.67. The fourth-order valence-electron chi connectivity index (χ4n) is 2.65. The van der Waals surface area contributed by atoms with Crippen LogP contribution in [0.5, 0.6) is 11.5 Å².